The van der Waals surface area contributed by atoms with Crippen LogP contribution in [0.15, 0.2) is 10.7 Å². The number of anilines is 1. The number of nitrogens with zero attached hydrogens (tertiary/aromatic N) is 2. The Labute approximate surface area is 120 Å². The van der Waals surface area contributed by atoms with Crippen LogP contribution in [0.5, 0.6) is 0 Å². The highest BCUT2D eigenvalue weighted by molar-refractivity contribution is 9.10. The van der Waals surface area contributed by atoms with Crippen LogP contribution in [-0.2, 0) is 4.74 Å². The van der Waals surface area contributed by atoms with Crippen molar-refractivity contribution in [2.24, 2.45) is 0 Å². The molecule has 0 bridgehead atoms. The maximum absolute atomic E-state index is 9.69. The van der Waals surface area contributed by atoms with Gasteiger partial charge in [-0.2, -0.15) is 0 Å². The zero-order valence-corrected chi connectivity index (χ0v) is 12.3. The van der Waals surface area contributed by atoms with E-state index in [1.807, 2.05) is 6.07 Å². The summed E-state index contributed by atoms with van der Waals surface area (Å²) in [7, 11) is 0. The number of aromatic nitrogens is 2. The molecule has 3 rings (SSSR count). The third kappa shape index (κ3) is 3.07. The Morgan fingerprint density at radius 2 is 2.11 bits per heavy atom. The molecule has 6 heteroatoms. The number of halogens is 1. The first-order chi connectivity index (χ1) is 9.21. The highest BCUT2D eigenvalue weighted by atomic mass is 79.9. The molecular weight excluding hydrogens is 310 g/mol. The van der Waals surface area contributed by atoms with Crippen molar-refractivity contribution in [3.05, 3.63) is 16.5 Å². The van der Waals surface area contributed by atoms with Gasteiger partial charge in [-0.1, -0.05) is 0 Å². The lowest BCUT2D eigenvalue weighted by molar-refractivity contribution is 0.0378. The SMILES string of the molecule is OCC1(Nc2cc(Br)nc(C3CC3)n2)CCOCC1. The molecule has 1 aromatic heterocycles. The van der Waals surface area contributed by atoms with Crippen LogP contribution in [-0.4, -0.2) is 40.4 Å². The second-order valence-electron chi connectivity index (χ2n) is 5.38. The number of ether oxygens (including phenoxy) is 1. The Bertz CT molecular complexity index is 459. The van der Waals surface area contributed by atoms with Crippen molar-refractivity contribution in [3.63, 3.8) is 0 Å². The number of hydrogen-bond donors (Lipinski definition) is 2. The lowest BCUT2D eigenvalue weighted by Crippen LogP contribution is -2.47. The van der Waals surface area contributed by atoms with E-state index in [0.29, 0.717) is 19.1 Å². The molecule has 1 aliphatic heterocycles. The highest BCUT2D eigenvalue weighted by Crippen LogP contribution is 2.39. The van der Waals surface area contributed by atoms with Gasteiger partial charge in [0.05, 0.1) is 12.1 Å². The minimum atomic E-state index is -0.313. The van der Waals surface area contributed by atoms with Gasteiger partial charge in [0.1, 0.15) is 16.2 Å². The molecule has 0 unspecified atom stereocenters. The maximum atomic E-state index is 9.69. The van der Waals surface area contributed by atoms with E-state index in [1.54, 1.807) is 0 Å². The number of hydrogen-bond acceptors (Lipinski definition) is 5. The van der Waals surface area contributed by atoms with Crippen LogP contribution in [0.3, 0.4) is 0 Å². The van der Waals surface area contributed by atoms with Gasteiger partial charge in [0, 0.05) is 25.2 Å². The summed E-state index contributed by atoms with van der Waals surface area (Å²) >= 11 is 3.44. The topological polar surface area (TPSA) is 67.3 Å². The summed E-state index contributed by atoms with van der Waals surface area (Å²) in [5.74, 6) is 2.20. The molecule has 19 heavy (non-hydrogen) atoms. The van der Waals surface area contributed by atoms with Crippen molar-refractivity contribution in [1.82, 2.24) is 9.97 Å². The predicted octanol–water partition coefficient (Wildman–Crippen LogP) is 2.07. The van der Waals surface area contributed by atoms with Crippen molar-refractivity contribution in [1.29, 1.82) is 0 Å². The van der Waals surface area contributed by atoms with Crippen molar-refractivity contribution < 1.29 is 9.84 Å². The Balaban J connectivity index is 1.80. The monoisotopic (exact) mass is 327 g/mol. The van der Waals surface area contributed by atoms with Crippen LogP contribution in [0.1, 0.15) is 37.4 Å². The first-order valence-electron chi connectivity index (χ1n) is 6.72. The Kier molecular flexibility index (Phi) is 3.73. The minimum Gasteiger partial charge on any atom is -0.394 e. The van der Waals surface area contributed by atoms with E-state index in [0.717, 1.165) is 29.1 Å². The molecule has 0 atom stereocenters. The van der Waals surface area contributed by atoms with Crippen LogP contribution >= 0.6 is 15.9 Å². The number of aliphatic hydroxyl groups excluding tert-OH is 1. The largest absolute Gasteiger partial charge is 0.394 e. The third-order valence-corrected chi connectivity index (χ3v) is 4.21. The number of nitrogens with one attached hydrogen (secondary N) is 1. The normalized spacial score (nSPS) is 22.2. The molecule has 1 aromatic rings. The van der Waals surface area contributed by atoms with E-state index in [1.165, 1.54) is 12.8 Å². The summed E-state index contributed by atoms with van der Waals surface area (Å²) in [6.45, 7) is 1.45. The average molecular weight is 328 g/mol. The van der Waals surface area contributed by atoms with Crippen LogP contribution in [0, 0.1) is 0 Å². The van der Waals surface area contributed by atoms with Crippen molar-refractivity contribution >= 4 is 21.7 Å². The number of aliphatic hydroxyl groups is 1. The van der Waals surface area contributed by atoms with Crippen LogP contribution in [0.2, 0.25) is 0 Å². The van der Waals surface area contributed by atoms with E-state index in [2.05, 4.69) is 31.2 Å². The summed E-state index contributed by atoms with van der Waals surface area (Å²) in [5, 5.41) is 13.1. The molecule has 1 saturated heterocycles. The van der Waals surface area contributed by atoms with E-state index >= 15 is 0 Å². The smallest absolute Gasteiger partial charge is 0.135 e. The summed E-state index contributed by atoms with van der Waals surface area (Å²) < 4.78 is 6.17. The third-order valence-electron chi connectivity index (χ3n) is 3.80. The molecule has 1 saturated carbocycles. The van der Waals surface area contributed by atoms with E-state index < -0.39 is 0 Å². The molecule has 0 aromatic carbocycles. The lowest BCUT2D eigenvalue weighted by atomic mass is 9.91. The van der Waals surface area contributed by atoms with E-state index in [4.69, 9.17) is 4.74 Å². The molecule has 5 nitrogen and oxygen atoms in total. The van der Waals surface area contributed by atoms with Crippen LogP contribution in [0.25, 0.3) is 0 Å². The average Bonchev–Trinajstić information content (AvgIpc) is 3.23. The molecule has 2 fully saturated rings. The molecule has 1 aliphatic carbocycles. The quantitative estimate of drug-likeness (QED) is 0.829. The fourth-order valence-corrected chi connectivity index (χ4v) is 2.78. The van der Waals surface area contributed by atoms with Gasteiger partial charge in [-0.25, -0.2) is 9.97 Å². The van der Waals surface area contributed by atoms with Gasteiger partial charge in [-0.15, -0.1) is 0 Å². The summed E-state index contributed by atoms with van der Waals surface area (Å²) in [6, 6.07) is 1.87. The van der Waals surface area contributed by atoms with Crippen molar-refractivity contribution in [2.75, 3.05) is 25.1 Å². The number of rotatable bonds is 4. The maximum Gasteiger partial charge on any atom is 0.135 e. The minimum absolute atomic E-state index is 0.0940. The summed E-state index contributed by atoms with van der Waals surface area (Å²) in [4.78, 5) is 8.99. The molecule has 0 radical (unpaired) electrons. The first kappa shape index (κ1) is 13.3. The second-order valence-corrected chi connectivity index (χ2v) is 6.20. The van der Waals surface area contributed by atoms with E-state index in [-0.39, 0.29) is 12.1 Å². The Hall–Kier alpha value is -0.720. The van der Waals surface area contributed by atoms with Gasteiger partial charge < -0.3 is 15.2 Å². The molecule has 2 aliphatic rings. The van der Waals surface area contributed by atoms with Gasteiger partial charge >= 0.3 is 0 Å². The van der Waals surface area contributed by atoms with Crippen molar-refractivity contribution in [2.45, 2.75) is 37.1 Å². The van der Waals surface area contributed by atoms with Gasteiger partial charge in [-0.3, -0.25) is 0 Å². The lowest BCUT2D eigenvalue weighted by Gasteiger charge is -2.36. The summed E-state index contributed by atoms with van der Waals surface area (Å²) in [5.41, 5.74) is -0.313. The summed E-state index contributed by atoms with van der Waals surface area (Å²) in [6.07, 6.45) is 3.94. The zero-order valence-electron chi connectivity index (χ0n) is 10.7. The molecule has 104 valence electrons. The van der Waals surface area contributed by atoms with Gasteiger partial charge in [0.2, 0.25) is 0 Å². The van der Waals surface area contributed by atoms with Gasteiger partial charge in [0.25, 0.3) is 0 Å². The Morgan fingerprint density at radius 3 is 2.74 bits per heavy atom. The molecule has 2 heterocycles. The molecule has 0 amide bonds. The second kappa shape index (κ2) is 5.34. The fourth-order valence-electron chi connectivity index (χ4n) is 2.38. The van der Waals surface area contributed by atoms with Crippen LogP contribution in [0.4, 0.5) is 5.82 Å². The highest BCUT2D eigenvalue weighted by Gasteiger charge is 2.33. The van der Waals surface area contributed by atoms with Gasteiger partial charge in [-0.05, 0) is 41.6 Å². The Morgan fingerprint density at radius 1 is 1.37 bits per heavy atom. The molecule has 0 spiro atoms. The first-order valence-corrected chi connectivity index (χ1v) is 7.51. The predicted molar refractivity (Wildman–Crippen MR) is 75.2 cm³/mol. The fraction of sp³-hybridized carbons (Fsp3) is 0.692. The standard InChI is InChI=1S/C13H18BrN3O2/c14-10-7-11(16-12(15-10)9-1-2-9)17-13(8-18)3-5-19-6-4-13/h7,9,18H,1-6,8H2,(H,15,16,17). The zero-order chi connectivity index (χ0) is 13.3. The van der Waals surface area contributed by atoms with E-state index in [9.17, 15) is 5.11 Å². The van der Waals surface area contributed by atoms with Crippen molar-refractivity contribution in [3.8, 4) is 0 Å². The molecule has 2 N–H and O–H groups in total. The molecular formula is C13H18BrN3O2. The van der Waals surface area contributed by atoms with Gasteiger partial charge in [0.15, 0.2) is 0 Å². The van der Waals surface area contributed by atoms with Crippen LogP contribution < -0.4 is 5.32 Å².